The molecule has 2 heterocycles. The molecule has 0 radical (unpaired) electrons. The number of hydrogen-bond donors (Lipinski definition) is 2. The summed E-state index contributed by atoms with van der Waals surface area (Å²) in [7, 11) is 0. The van der Waals surface area contributed by atoms with E-state index in [4.69, 9.17) is 0 Å². The number of likely N-dealkylation sites (tertiary alicyclic amines) is 1. The standard InChI is InChI=1S/C26H25FN4O/c27-19-6-11-23-24(26(32)30-25(23)14-19)15-28-20-7-9-21(10-8-20)29-22-12-13-31(17-22)16-18-4-2-1-3-5-18/h1-11,14-15,22,24,29H,12-13,16-17H2,(H,30,32). The van der Waals surface area contributed by atoms with E-state index in [0.29, 0.717) is 11.7 Å². The SMILES string of the molecule is O=C1Nc2cc(F)ccc2C1C=Nc1ccc(NC2CCN(Cc3ccccc3)C2)cc1. The van der Waals surface area contributed by atoms with Gasteiger partial charge >= 0.3 is 0 Å². The molecule has 2 aliphatic rings. The number of fused-ring (bicyclic) bond motifs is 1. The van der Waals surface area contributed by atoms with Crippen LogP contribution >= 0.6 is 0 Å². The van der Waals surface area contributed by atoms with E-state index >= 15 is 0 Å². The van der Waals surface area contributed by atoms with Crippen LogP contribution in [0, 0.1) is 5.82 Å². The van der Waals surface area contributed by atoms with Crippen molar-refractivity contribution in [2.45, 2.75) is 24.9 Å². The van der Waals surface area contributed by atoms with E-state index in [9.17, 15) is 9.18 Å². The lowest BCUT2D eigenvalue weighted by atomic mass is 10.0. The zero-order valence-electron chi connectivity index (χ0n) is 17.7. The fourth-order valence-electron chi connectivity index (χ4n) is 4.38. The van der Waals surface area contributed by atoms with Gasteiger partial charge in [-0.05, 0) is 53.9 Å². The summed E-state index contributed by atoms with van der Waals surface area (Å²) in [6.45, 7) is 3.09. The molecule has 162 valence electrons. The molecule has 0 bridgehead atoms. The largest absolute Gasteiger partial charge is 0.381 e. The maximum Gasteiger partial charge on any atom is 0.237 e. The van der Waals surface area contributed by atoms with Gasteiger partial charge in [0, 0.05) is 43.3 Å². The van der Waals surface area contributed by atoms with Crippen LogP contribution in [-0.2, 0) is 11.3 Å². The third-order valence-electron chi connectivity index (χ3n) is 6.02. The molecule has 0 spiro atoms. The van der Waals surface area contributed by atoms with Crippen LogP contribution in [0.2, 0.25) is 0 Å². The fraction of sp³-hybridized carbons (Fsp3) is 0.231. The number of hydrogen-bond acceptors (Lipinski definition) is 4. The van der Waals surface area contributed by atoms with E-state index in [1.165, 1.54) is 17.7 Å². The summed E-state index contributed by atoms with van der Waals surface area (Å²) in [5.41, 5.74) is 4.45. The van der Waals surface area contributed by atoms with Gasteiger partial charge in [0.25, 0.3) is 0 Å². The summed E-state index contributed by atoms with van der Waals surface area (Å²) in [4.78, 5) is 19.2. The second-order valence-electron chi connectivity index (χ2n) is 8.37. The zero-order valence-corrected chi connectivity index (χ0v) is 17.7. The minimum atomic E-state index is -0.502. The van der Waals surface area contributed by atoms with Gasteiger partial charge in [-0.2, -0.15) is 0 Å². The third-order valence-corrected chi connectivity index (χ3v) is 6.02. The Morgan fingerprint density at radius 2 is 1.91 bits per heavy atom. The van der Waals surface area contributed by atoms with E-state index in [1.54, 1.807) is 12.3 Å². The van der Waals surface area contributed by atoms with Crippen molar-refractivity contribution >= 4 is 29.2 Å². The molecule has 3 aromatic carbocycles. The lowest BCUT2D eigenvalue weighted by molar-refractivity contribution is -0.115. The molecule has 5 rings (SSSR count). The van der Waals surface area contributed by atoms with E-state index < -0.39 is 5.92 Å². The number of carbonyl (C=O) groups excluding carboxylic acids is 1. The molecule has 1 fully saturated rings. The summed E-state index contributed by atoms with van der Waals surface area (Å²) in [5, 5.41) is 6.32. The van der Waals surface area contributed by atoms with Gasteiger partial charge in [0.2, 0.25) is 5.91 Å². The fourth-order valence-corrected chi connectivity index (χ4v) is 4.38. The lowest BCUT2D eigenvalue weighted by Gasteiger charge is -2.17. The highest BCUT2D eigenvalue weighted by molar-refractivity contribution is 6.12. The molecule has 0 aromatic heterocycles. The molecule has 2 unspecified atom stereocenters. The van der Waals surface area contributed by atoms with Crippen LogP contribution in [-0.4, -0.2) is 36.2 Å². The Labute approximate surface area is 187 Å². The Morgan fingerprint density at radius 3 is 2.72 bits per heavy atom. The Morgan fingerprint density at radius 1 is 1.09 bits per heavy atom. The van der Waals surface area contributed by atoms with Gasteiger partial charge in [0.05, 0.1) is 5.69 Å². The molecule has 1 amide bonds. The first-order valence-corrected chi connectivity index (χ1v) is 10.9. The van der Waals surface area contributed by atoms with E-state index in [0.717, 1.165) is 43.0 Å². The van der Waals surface area contributed by atoms with Crippen LogP contribution in [0.5, 0.6) is 0 Å². The quantitative estimate of drug-likeness (QED) is 0.546. The second kappa shape index (κ2) is 8.93. The average Bonchev–Trinajstić information content (AvgIpc) is 3.36. The van der Waals surface area contributed by atoms with Crippen molar-refractivity contribution in [3.05, 3.63) is 89.7 Å². The van der Waals surface area contributed by atoms with Gasteiger partial charge in [-0.1, -0.05) is 36.4 Å². The van der Waals surface area contributed by atoms with Gasteiger partial charge < -0.3 is 10.6 Å². The first-order chi connectivity index (χ1) is 15.6. The number of benzene rings is 3. The van der Waals surface area contributed by atoms with Crippen LogP contribution in [0.4, 0.5) is 21.5 Å². The minimum absolute atomic E-state index is 0.186. The summed E-state index contributed by atoms with van der Waals surface area (Å²) < 4.78 is 13.4. The number of nitrogens with one attached hydrogen (secondary N) is 2. The first kappa shape index (κ1) is 20.4. The lowest BCUT2D eigenvalue weighted by Crippen LogP contribution is -2.25. The molecule has 32 heavy (non-hydrogen) atoms. The van der Waals surface area contributed by atoms with Gasteiger partial charge in [-0.3, -0.25) is 14.7 Å². The molecular weight excluding hydrogens is 403 g/mol. The van der Waals surface area contributed by atoms with E-state index in [2.05, 4.69) is 44.8 Å². The molecule has 5 nitrogen and oxygen atoms in total. The number of rotatable bonds is 6. The highest BCUT2D eigenvalue weighted by Gasteiger charge is 2.29. The van der Waals surface area contributed by atoms with Gasteiger partial charge in [0.1, 0.15) is 11.7 Å². The van der Waals surface area contributed by atoms with Crippen LogP contribution in [0.15, 0.2) is 77.8 Å². The molecule has 2 aliphatic heterocycles. The number of nitrogens with zero attached hydrogens (tertiary/aromatic N) is 2. The number of amides is 1. The Kier molecular flexibility index (Phi) is 5.69. The first-order valence-electron chi connectivity index (χ1n) is 10.9. The molecule has 0 aliphatic carbocycles. The average molecular weight is 429 g/mol. The van der Waals surface area contributed by atoms with Crippen molar-refractivity contribution < 1.29 is 9.18 Å². The van der Waals surface area contributed by atoms with Crippen molar-refractivity contribution in [2.75, 3.05) is 23.7 Å². The molecule has 2 atom stereocenters. The Hall–Kier alpha value is -3.51. The normalized spacial score (nSPS) is 20.5. The van der Waals surface area contributed by atoms with Gasteiger partial charge in [-0.25, -0.2) is 4.39 Å². The maximum atomic E-state index is 13.4. The topological polar surface area (TPSA) is 56.7 Å². The van der Waals surface area contributed by atoms with Crippen LogP contribution in [0.3, 0.4) is 0 Å². The number of anilines is 2. The van der Waals surface area contributed by atoms with Crippen molar-refractivity contribution in [1.29, 1.82) is 0 Å². The maximum absolute atomic E-state index is 13.4. The van der Waals surface area contributed by atoms with E-state index in [-0.39, 0.29) is 11.7 Å². The molecular formula is C26H25FN4O. The van der Waals surface area contributed by atoms with Crippen LogP contribution < -0.4 is 10.6 Å². The number of carbonyl (C=O) groups is 1. The second-order valence-corrected chi connectivity index (χ2v) is 8.37. The molecule has 1 saturated heterocycles. The summed E-state index contributed by atoms with van der Waals surface area (Å²) in [6, 6.07) is 23.2. The monoisotopic (exact) mass is 428 g/mol. The molecule has 2 N–H and O–H groups in total. The zero-order chi connectivity index (χ0) is 21.9. The van der Waals surface area contributed by atoms with Gasteiger partial charge in [-0.15, -0.1) is 0 Å². The number of aliphatic imine (C=N–C) groups is 1. The van der Waals surface area contributed by atoms with Crippen molar-refractivity contribution in [2.24, 2.45) is 4.99 Å². The summed E-state index contributed by atoms with van der Waals surface area (Å²) >= 11 is 0. The molecule has 6 heteroatoms. The number of halogens is 1. The van der Waals surface area contributed by atoms with Crippen molar-refractivity contribution in [3.63, 3.8) is 0 Å². The summed E-state index contributed by atoms with van der Waals surface area (Å²) in [5.74, 6) is -1.05. The van der Waals surface area contributed by atoms with Crippen molar-refractivity contribution in [1.82, 2.24) is 4.90 Å². The van der Waals surface area contributed by atoms with E-state index in [1.807, 2.05) is 30.3 Å². The van der Waals surface area contributed by atoms with Crippen molar-refractivity contribution in [3.8, 4) is 0 Å². The Balaban J connectivity index is 1.17. The Bertz CT molecular complexity index is 1130. The highest BCUT2D eigenvalue weighted by atomic mass is 19.1. The third kappa shape index (κ3) is 4.55. The van der Waals surface area contributed by atoms with Crippen LogP contribution in [0.1, 0.15) is 23.5 Å². The van der Waals surface area contributed by atoms with Gasteiger partial charge in [0.15, 0.2) is 0 Å². The predicted octanol–water partition coefficient (Wildman–Crippen LogP) is 4.95. The molecule has 0 saturated carbocycles. The smallest absolute Gasteiger partial charge is 0.237 e. The minimum Gasteiger partial charge on any atom is -0.381 e. The molecule has 3 aromatic rings. The summed E-state index contributed by atoms with van der Waals surface area (Å²) in [6.07, 6.45) is 2.74. The highest BCUT2D eigenvalue weighted by Crippen LogP contribution is 2.32. The van der Waals surface area contributed by atoms with Crippen LogP contribution in [0.25, 0.3) is 0 Å². The predicted molar refractivity (Wildman–Crippen MR) is 126 cm³/mol.